The highest BCUT2D eigenvalue weighted by molar-refractivity contribution is 5.94. The van der Waals surface area contributed by atoms with Crippen LogP contribution in [0.5, 0.6) is 0 Å². The van der Waals surface area contributed by atoms with Crippen molar-refractivity contribution in [3.63, 3.8) is 0 Å². The van der Waals surface area contributed by atoms with Crippen molar-refractivity contribution in [1.29, 1.82) is 0 Å². The highest BCUT2D eigenvalue weighted by Crippen LogP contribution is 2.12. The molecule has 2 N–H and O–H groups in total. The summed E-state index contributed by atoms with van der Waals surface area (Å²) in [7, 11) is 0. The van der Waals surface area contributed by atoms with E-state index >= 15 is 0 Å². The van der Waals surface area contributed by atoms with Gasteiger partial charge in [0.2, 0.25) is 0 Å². The number of aliphatic hydroxyl groups is 1. The number of unbranched alkanes of at least 4 members (excludes halogenated alkanes) is 10. The van der Waals surface area contributed by atoms with E-state index in [2.05, 4.69) is 24.4 Å². The van der Waals surface area contributed by atoms with Crippen molar-refractivity contribution in [3.8, 4) is 0 Å². The number of hydrogen-bond acceptors (Lipinski definition) is 2. The molecule has 0 unspecified atom stereocenters. The lowest BCUT2D eigenvalue weighted by Gasteiger charge is -2.02. The summed E-state index contributed by atoms with van der Waals surface area (Å²) in [6, 6.07) is 7.43. The lowest BCUT2D eigenvalue weighted by molar-refractivity contribution is 0.0910. The van der Waals surface area contributed by atoms with E-state index in [1.807, 2.05) is 12.1 Å². The van der Waals surface area contributed by atoms with Crippen LogP contribution >= 0.6 is 0 Å². The molecule has 3 heteroatoms. The molecular formula is C22H35NO2. The van der Waals surface area contributed by atoms with Crippen LogP contribution in [0.3, 0.4) is 0 Å². The quantitative estimate of drug-likeness (QED) is 0.336. The molecule has 0 aliphatic carbocycles. The van der Waals surface area contributed by atoms with Gasteiger partial charge in [-0.05, 0) is 30.5 Å². The van der Waals surface area contributed by atoms with Crippen molar-refractivity contribution >= 4 is 12.0 Å². The van der Waals surface area contributed by atoms with E-state index in [0.717, 1.165) is 12.0 Å². The number of aliphatic hydroxyl groups excluding tert-OH is 1. The normalized spacial score (nSPS) is 11.1. The first-order valence-electron chi connectivity index (χ1n) is 9.93. The van der Waals surface area contributed by atoms with Crippen molar-refractivity contribution in [1.82, 2.24) is 5.32 Å². The minimum absolute atomic E-state index is 0.247. The van der Waals surface area contributed by atoms with Crippen molar-refractivity contribution in [2.75, 3.05) is 6.73 Å². The average Bonchev–Trinajstić information content (AvgIpc) is 2.63. The van der Waals surface area contributed by atoms with E-state index in [0.29, 0.717) is 5.56 Å². The molecule has 0 saturated carbocycles. The molecule has 1 aromatic carbocycles. The topological polar surface area (TPSA) is 49.3 Å². The number of amides is 1. The van der Waals surface area contributed by atoms with Crippen LogP contribution in [0.1, 0.15) is 93.5 Å². The van der Waals surface area contributed by atoms with Gasteiger partial charge < -0.3 is 10.4 Å². The van der Waals surface area contributed by atoms with Gasteiger partial charge in [-0.3, -0.25) is 4.79 Å². The Balaban J connectivity index is 2.05. The highest BCUT2D eigenvalue weighted by atomic mass is 16.3. The number of carbonyl (C=O) groups is 1. The molecule has 0 spiro atoms. The molecule has 0 heterocycles. The van der Waals surface area contributed by atoms with Crippen LogP contribution in [0.25, 0.3) is 6.08 Å². The Hall–Kier alpha value is -1.61. The van der Waals surface area contributed by atoms with E-state index in [1.165, 1.54) is 64.2 Å². The van der Waals surface area contributed by atoms with Gasteiger partial charge in [0.05, 0.1) is 0 Å². The Kier molecular flexibility index (Phi) is 12.6. The van der Waals surface area contributed by atoms with Crippen molar-refractivity contribution in [2.45, 2.75) is 77.6 Å². The van der Waals surface area contributed by atoms with Gasteiger partial charge >= 0.3 is 0 Å². The number of carbonyl (C=O) groups excluding carboxylic acids is 1. The molecular weight excluding hydrogens is 310 g/mol. The van der Waals surface area contributed by atoms with Gasteiger partial charge in [-0.25, -0.2) is 0 Å². The first kappa shape index (κ1) is 21.4. The summed E-state index contributed by atoms with van der Waals surface area (Å²) < 4.78 is 0. The van der Waals surface area contributed by atoms with Crippen LogP contribution in [-0.2, 0) is 0 Å². The molecule has 0 radical (unpaired) electrons. The summed E-state index contributed by atoms with van der Waals surface area (Å²) in [4.78, 5) is 11.5. The van der Waals surface area contributed by atoms with E-state index in [4.69, 9.17) is 5.11 Å². The van der Waals surface area contributed by atoms with Gasteiger partial charge in [0.15, 0.2) is 0 Å². The SMILES string of the molecule is CCCCCCCCCCCCC=Cc1ccc(C(=O)NCO)cc1. The molecule has 3 nitrogen and oxygen atoms in total. The zero-order valence-corrected chi connectivity index (χ0v) is 15.8. The molecule has 1 rings (SSSR count). The molecule has 0 aromatic heterocycles. The monoisotopic (exact) mass is 345 g/mol. The maximum atomic E-state index is 11.5. The summed E-state index contributed by atoms with van der Waals surface area (Å²) in [6.07, 6.45) is 19.1. The van der Waals surface area contributed by atoms with Crippen LogP contribution < -0.4 is 5.32 Å². The molecule has 0 atom stereocenters. The second-order valence-electron chi connectivity index (χ2n) is 6.66. The second kappa shape index (κ2) is 14.7. The number of hydrogen-bond donors (Lipinski definition) is 2. The van der Waals surface area contributed by atoms with Gasteiger partial charge in [-0.2, -0.15) is 0 Å². The van der Waals surface area contributed by atoms with Gasteiger partial charge in [0.25, 0.3) is 5.91 Å². The molecule has 0 aliphatic heterocycles. The largest absolute Gasteiger partial charge is 0.376 e. The Morgan fingerprint density at radius 3 is 2.04 bits per heavy atom. The lowest BCUT2D eigenvalue weighted by atomic mass is 10.1. The summed E-state index contributed by atoms with van der Waals surface area (Å²) >= 11 is 0. The Morgan fingerprint density at radius 2 is 1.48 bits per heavy atom. The lowest BCUT2D eigenvalue weighted by Crippen LogP contribution is -2.23. The van der Waals surface area contributed by atoms with E-state index in [1.54, 1.807) is 12.1 Å². The predicted molar refractivity (Wildman–Crippen MR) is 106 cm³/mol. The van der Waals surface area contributed by atoms with E-state index < -0.39 is 0 Å². The molecule has 0 aliphatic rings. The molecule has 1 amide bonds. The minimum atomic E-state index is -0.334. The highest BCUT2D eigenvalue weighted by Gasteiger charge is 2.02. The second-order valence-corrected chi connectivity index (χ2v) is 6.66. The molecule has 0 saturated heterocycles. The summed E-state index contributed by atoms with van der Waals surface area (Å²) in [5.74, 6) is -0.247. The molecule has 0 bridgehead atoms. The molecule has 140 valence electrons. The van der Waals surface area contributed by atoms with Crippen molar-refractivity contribution in [3.05, 3.63) is 41.5 Å². The fraction of sp³-hybridized carbons (Fsp3) is 0.591. The average molecular weight is 346 g/mol. The first-order valence-corrected chi connectivity index (χ1v) is 9.93. The summed E-state index contributed by atoms with van der Waals surface area (Å²) in [5, 5.41) is 11.1. The fourth-order valence-corrected chi connectivity index (χ4v) is 2.89. The van der Waals surface area contributed by atoms with Crippen molar-refractivity contribution in [2.24, 2.45) is 0 Å². The summed E-state index contributed by atoms with van der Waals surface area (Å²) in [6.45, 7) is 1.93. The number of allylic oxidation sites excluding steroid dienone is 1. The van der Waals surface area contributed by atoms with Crippen LogP contribution in [0.15, 0.2) is 30.3 Å². The number of nitrogens with one attached hydrogen (secondary N) is 1. The number of rotatable bonds is 14. The molecule has 25 heavy (non-hydrogen) atoms. The third-order valence-corrected chi connectivity index (χ3v) is 4.45. The third-order valence-electron chi connectivity index (χ3n) is 4.45. The Labute approximate surface area is 153 Å². The van der Waals surface area contributed by atoms with Gasteiger partial charge in [0.1, 0.15) is 6.73 Å². The van der Waals surface area contributed by atoms with E-state index in [9.17, 15) is 4.79 Å². The fourth-order valence-electron chi connectivity index (χ4n) is 2.89. The minimum Gasteiger partial charge on any atom is -0.376 e. The van der Waals surface area contributed by atoms with Gasteiger partial charge in [-0.15, -0.1) is 0 Å². The van der Waals surface area contributed by atoms with Crippen LogP contribution in [-0.4, -0.2) is 17.7 Å². The van der Waals surface area contributed by atoms with Crippen LogP contribution in [0.4, 0.5) is 0 Å². The van der Waals surface area contributed by atoms with Crippen molar-refractivity contribution < 1.29 is 9.90 Å². The summed E-state index contributed by atoms with van der Waals surface area (Å²) in [5.41, 5.74) is 1.67. The smallest absolute Gasteiger partial charge is 0.253 e. The zero-order valence-electron chi connectivity index (χ0n) is 15.8. The maximum Gasteiger partial charge on any atom is 0.253 e. The first-order chi connectivity index (χ1) is 12.3. The van der Waals surface area contributed by atoms with Crippen LogP contribution in [0, 0.1) is 0 Å². The standard InChI is InChI=1S/C22H35NO2/c1-2-3-4-5-6-7-8-9-10-11-12-13-14-20-15-17-21(18-16-20)22(25)23-19-24/h13-18,24H,2-12,19H2,1H3,(H,23,25). The molecule has 0 fully saturated rings. The Bertz CT molecular complexity index is 479. The predicted octanol–water partition coefficient (Wildman–Crippen LogP) is 5.69. The maximum absolute atomic E-state index is 11.5. The molecule has 1 aromatic rings. The number of benzene rings is 1. The van der Waals surface area contributed by atoms with Crippen LogP contribution in [0.2, 0.25) is 0 Å². The van der Waals surface area contributed by atoms with E-state index in [-0.39, 0.29) is 12.6 Å². The van der Waals surface area contributed by atoms with Gasteiger partial charge in [-0.1, -0.05) is 89.0 Å². The van der Waals surface area contributed by atoms with Gasteiger partial charge in [0, 0.05) is 5.56 Å². The zero-order chi connectivity index (χ0) is 18.2. The Morgan fingerprint density at radius 1 is 0.920 bits per heavy atom. The third kappa shape index (κ3) is 10.8.